The van der Waals surface area contributed by atoms with Crippen LogP contribution in [0.1, 0.15) is 22.3 Å². The molecular weight excluding hydrogens is 503 g/mol. The molecule has 0 atom stereocenters. The van der Waals surface area contributed by atoms with Gasteiger partial charge in [0.05, 0.1) is 5.69 Å². The number of rotatable bonds is 5. The number of barbiturate groups is 1. The molecule has 4 rings (SSSR count). The van der Waals surface area contributed by atoms with Crippen LogP contribution in [0.15, 0.2) is 70.7 Å². The second-order valence-electron chi connectivity index (χ2n) is 7.87. The fourth-order valence-electron chi connectivity index (χ4n) is 3.66. The number of hydrogen-bond donors (Lipinski definition) is 1. The lowest BCUT2D eigenvalue weighted by atomic mass is 10.0. The zero-order valence-corrected chi connectivity index (χ0v) is 20.0. The van der Waals surface area contributed by atoms with Gasteiger partial charge in [-0.2, -0.15) is 0 Å². The molecule has 1 N–H and O–H groups in total. The van der Waals surface area contributed by atoms with Crippen LogP contribution in [0.3, 0.4) is 0 Å². The predicted octanol–water partition coefficient (Wildman–Crippen LogP) is 5.45. The zero-order chi connectivity index (χ0) is 24.4. The van der Waals surface area contributed by atoms with Crippen molar-refractivity contribution in [2.45, 2.75) is 20.5 Å². The fraction of sp³-hybridized carbons (Fsp3) is 0.115. The van der Waals surface area contributed by atoms with E-state index in [1.54, 1.807) is 48.5 Å². The molecule has 0 unspecified atom stereocenters. The van der Waals surface area contributed by atoms with Crippen molar-refractivity contribution < 1.29 is 23.5 Å². The summed E-state index contributed by atoms with van der Waals surface area (Å²) in [5, 5.41) is 2.22. The van der Waals surface area contributed by atoms with Crippen molar-refractivity contribution >= 4 is 45.5 Å². The average Bonchev–Trinajstić information content (AvgIpc) is 2.76. The summed E-state index contributed by atoms with van der Waals surface area (Å²) in [6.45, 7) is 3.66. The van der Waals surface area contributed by atoms with E-state index in [2.05, 4.69) is 21.2 Å². The van der Waals surface area contributed by atoms with E-state index in [0.29, 0.717) is 27.0 Å². The number of ether oxygens (including phenoxy) is 1. The van der Waals surface area contributed by atoms with Gasteiger partial charge in [0.25, 0.3) is 11.8 Å². The van der Waals surface area contributed by atoms with E-state index in [0.717, 1.165) is 16.0 Å². The molecular formula is C26H20BrFN2O4. The van der Waals surface area contributed by atoms with Gasteiger partial charge >= 0.3 is 6.03 Å². The first-order valence-electron chi connectivity index (χ1n) is 10.4. The number of amides is 4. The Morgan fingerprint density at radius 3 is 2.41 bits per heavy atom. The number of carbonyl (C=O) groups excluding carboxylic acids is 3. The van der Waals surface area contributed by atoms with Crippen molar-refractivity contribution in [2.75, 3.05) is 4.90 Å². The molecule has 6 nitrogen and oxygen atoms in total. The highest BCUT2D eigenvalue weighted by Crippen LogP contribution is 2.29. The molecule has 0 bridgehead atoms. The molecule has 0 spiro atoms. The largest absolute Gasteiger partial charge is 0.488 e. The highest BCUT2D eigenvalue weighted by Gasteiger charge is 2.37. The molecule has 34 heavy (non-hydrogen) atoms. The lowest BCUT2D eigenvalue weighted by Gasteiger charge is -2.27. The van der Waals surface area contributed by atoms with Crippen LogP contribution in [0.2, 0.25) is 0 Å². The van der Waals surface area contributed by atoms with Gasteiger partial charge in [-0.05, 0) is 67.4 Å². The van der Waals surface area contributed by atoms with Gasteiger partial charge in [-0.15, -0.1) is 0 Å². The van der Waals surface area contributed by atoms with Crippen LogP contribution >= 0.6 is 15.9 Å². The van der Waals surface area contributed by atoms with E-state index < -0.39 is 23.7 Å². The predicted molar refractivity (Wildman–Crippen MR) is 130 cm³/mol. The Bertz CT molecular complexity index is 1330. The maximum absolute atomic E-state index is 14.0. The molecule has 3 aromatic carbocycles. The second kappa shape index (κ2) is 9.61. The van der Waals surface area contributed by atoms with Crippen LogP contribution in [0, 0.1) is 19.7 Å². The standard InChI is InChI=1S/C26H20BrFN2O4/c1-15-9-16(2)11-20(10-15)30-25(32)21(24(31)29-26(30)33)13-18-12-19(27)7-8-23(18)34-14-17-5-3-4-6-22(17)28/h3-13H,14H2,1-2H3,(H,29,31,33)/b21-13+. The van der Waals surface area contributed by atoms with Crippen molar-refractivity contribution in [1.82, 2.24) is 5.32 Å². The molecule has 1 heterocycles. The Morgan fingerprint density at radius 1 is 1.00 bits per heavy atom. The number of imide groups is 2. The Labute approximate surface area is 204 Å². The highest BCUT2D eigenvalue weighted by molar-refractivity contribution is 9.10. The van der Waals surface area contributed by atoms with Crippen molar-refractivity contribution in [3.8, 4) is 5.75 Å². The van der Waals surface area contributed by atoms with E-state index in [1.165, 1.54) is 12.1 Å². The van der Waals surface area contributed by atoms with Gasteiger partial charge in [-0.3, -0.25) is 14.9 Å². The molecule has 1 fully saturated rings. The Morgan fingerprint density at radius 2 is 1.71 bits per heavy atom. The van der Waals surface area contributed by atoms with Gasteiger partial charge in [0.2, 0.25) is 0 Å². The maximum Gasteiger partial charge on any atom is 0.335 e. The minimum atomic E-state index is -0.817. The first-order valence-corrected chi connectivity index (χ1v) is 11.2. The summed E-state index contributed by atoms with van der Waals surface area (Å²) in [7, 11) is 0. The van der Waals surface area contributed by atoms with Crippen molar-refractivity contribution in [2.24, 2.45) is 0 Å². The Hall–Kier alpha value is -3.78. The third-order valence-corrected chi connectivity index (χ3v) is 5.67. The third kappa shape index (κ3) is 4.92. The number of carbonyl (C=O) groups is 3. The second-order valence-corrected chi connectivity index (χ2v) is 8.78. The van der Waals surface area contributed by atoms with E-state index in [-0.39, 0.29) is 12.2 Å². The SMILES string of the molecule is Cc1cc(C)cc(N2C(=O)NC(=O)/C(=C\c3cc(Br)ccc3OCc3ccccc3F)C2=O)c1. The molecule has 4 amide bonds. The molecule has 1 aliphatic rings. The number of anilines is 1. The van der Waals surface area contributed by atoms with Gasteiger partial charge in [0.1, 0.15) is 23.7 Å². The average molecular weight is 523 g/mol. The van der Waals surface area contributed by atoms with Gasteiger partial charge in [-0.25, -0.2) is 14.1 Å². The third-order valence-electron chi connectivity index (χ3n) is 5.18. The molecule has 0 saturated carbocycles. The lowest BCUT2D eigenvalue weighted by Crippen LogP contribution is -2.54. The van der Waals surface area contributed by atoms with E-state index in [9.17, 15) is 18.8 Å². The van der Waals surface area contributed by atoms with Crippen LogP contribution in [0.4, 0.5) is 14.9 Å². The lowest BCUT2D eigenvalue weighted by molar-refractivity contribution is -0.122. The summed E-state index contributed by atoms with van der Waals surface area (Å²) in [4.78, 5) is 39.3. The van der Waals surface area contributed by atoms with Gasteiger partial charge in [-0.1, -0.05) is 40.2 Å². The summed E-state index contributed by atoms with van der Waals surface area (Å²) in [6.07, 6.45) is 1.36. The van der Waals surface area contributed by atoms with E-state index in [1.807, 2.05) is 19.9 Å². The molecule has 0 aromatic heterocycles. The van der Waals surface area contributed by atoms with Gasteiger partial charge < -0.3 is 4.74 Å². The molecule has 172 valence electrons. The smallest absolute Gasteiger partial charge is 0.335 e. The minimum Gasteiger partial charge on any atom is -0.488 e. The topological polar surface area (TPSA) is 75.7 Å². The van der Waals surface area contributed by atoms with Crippen molar-refractivity contribution in [3.05, 3.63) is 98.8 Å². The summed E-state index contributed by atoms with van der Waals surface area (Å²) >= 11 is 3.38. The van der Waals surface area contributed by atoms with E-state index in [4.69, 9.17) is 4.74 Å². The molecule has 3 aromatic rings. The number of benzene rings is 3. The number of urea groups is 1. The van der Waals surface area contributed by atoms with Crippen molar-refractivity contribution in [3.63, 3.8) is 0 Å². The quantitative estimate of drug-likeness (QED) is 0.357. The first-order chi connectivity index (χ1) is 16.2. The monoisotopic (exact) mass is 522 g/mol. The molecule has 0 aliphatic carbocycles. The summed E-state index contributed by atoms with van der Waals surface area (Å²) in [5.41, 5.74) is 2.65. The van der Waals surface area contributed by atoms with Crippen LogP contribution in [0.25, 0.3) is 6.08 Å². The Balaban J connectivity index is 1.70. The number of hydrogen-bond acceptors (Lipinski definition) is 4. The molecule has 1 saturated heterocycles. The molecule has 0 radical (unpaired) electrons. The van der Waals surface area contributed by atoms with Crippen LogP contribution < -0.4 is 15.0 Å². The normalized spacial score (nSPS) is 15.0. The Kier molecular flexibility index (Phi) is 6.61. The number of aryl methyl sites for hydroxylation is 2. The van der Waals surface area contributed by atoms with E-state index >= 15 is 0 Å². The number of nitrogens with one attached hydrogen (secondary N) is 1. The molecule has 8 heteroatoms. The summed E-state index contributed by atoms with van der Waals surface area (Å²) in [5.74, 6) is -1.62. The summed E-state index contributed by atoms with van der Waals surface area (Å²) in [6, 6.07) is 15.8. The van der Waals surface area contributed by atoms with Crippen LogP contribution in [-0.4, -0.2) is 17.8 Å². The van der Waals surface area contributed by atoms with Gasteiger partial charge in [0, 0.05) is 15.6 Å². The van der Waals surface area contributed by atoms with Crippen molar-refractivity contribution in [1.29, 1.82) is 0 Å². The van der Waals surface area contributed by atoms with Crippen LogP contribution in [-0.2, 0) is 16.2 Å². The minimum absolute atomic E-state index is 0.0438. The van der Waals surface area contributed by atoms with Crippen LogP contribution in [0.5, 0.6) is 5.75 Å². The first kappa shape index (κ1) is 23.4. The zero-order valence-electron chi connectivity index (χ0n) is 18.4. The number of nitrogens with zero attached hydrogens (tertiary/aromatic N) is 1. The fourth-order valence-corrected chi connectivity index (χ4v) is 4.04. The summed E-state index contributed by atoms with van der Waals surface area (Å²) < 4.78 is 20.5. The molecule has 1 aliphatic heterocycles. The van der Waals surface area contributed by atoms with Gasteiger partial charge in [0.15, 0.2) is 0 Å². The maximum atomic E-state index is 14.0. The number of halogens is 2. The highest BCUT2D eigenvalue weighted by atomic mass is 79.9.